The summed E-state index contributed by atoms with van der Waals surface area (Å²) in [6, 6.07) is 7.49. The van der Waals surface area contributed by atoms with Gasteiger partial charge >= 0.3 is 6.09 Å². The van der Waals surface area contributed by atoms with E-state index in [1.807, 2.05) is 38.1 Å². The predicted molar refractivity (Wildman–Crippen MR) is 86.2 cm³/mol. The molecule has 1 aromatic rings. The van der Waals surface area contributed by atoms with E-state index in [0.29, 0.717) is 6.54 Å². The number of carbonyl (C=O) groups is 3. The first-order valence-electron chi connectivity index (χ1n) is 7.61. The maximum Gasteiger partial charge on any atom is 0.414 e. The average Bonchev–Trinajstić information content (AvgIpc) is 2.46. The van der Waals surface area contributed by atoms with Crippen LogP contribution < -0.4 is 15.5 Å². The van der Waals surface area contributed by atoms with E-state index in [-0.39, 0.29) is 25.6 Å². The summed E-state index contributed by atoms with van der Waals surface area (Å²) in [5.74, 6) is -0.653. The maximum absolute atomic E-state index is 12.0. The van der Waals surface area contributed by atoms with E-state index >= 15 is 0 Å². The molecule has 1 aromatic carbocycles. The van der Waals surface area contributed by atoms with Gasteiger partial charge in [-0.15, -0.1) is 0 Å². The molecule has 7 heteroatoms. The summed E-state index contributed by atoms with van der Waals surface area (Å²) in [5.41, 5.74) is 1.78. The van der Waals surface area contributed by atoms with Gasteiger partial charge in [0.15, 0.2) is 13.1 Å². The third-order valence-corrected chi connectivity index (χ3v) is 3.14. The van der Waals surface area contributed by atoms with Crippen molar-refractivity contribution in [3.8, 4) is 0 Å². The van der Waals surface area contributed by atoms with Crippen molar-refractivity contribution in [2.45, 2.75) is 20.8 Å². The fourth-order valence-corrected chi connectivity index (χ4v) is 2.02. The highest BCUT2D eigenvalue weighted by atomic mass is 16.5. The molecule has 0 radical (unpaired) electrons. The number of imide groups is 1. The molecule has 0 bridgehead atoms. The standard InChI is InChI=1S/C16H23N3O4/c1-4-19(11-15(21)18-16(22)23-5-2)10-14(20)17-13-8-6-7-12(3)9-13/h6-9H,4-5,10-11H2,1-3H3,(H,17,20)(H,18,21,22)/p+1. The number of carbonyl (C=O) groups excluding carboxylic acids is 3. The van der Waals surface area contributed by atoms with Gasteiger partial charge in [-0.1, -0.05) is 12.1 Å². The van der Waals surface area contributed by atoms with Crippen molar-refractivity contribution < 1.29 is 24.0 Å². The van der Waals surface area contributed by atoms with Crippen LogP contribution in [0.2, 0.25) is 0 Å². The van der Waals surface area contributed by atoms with Gasteiger partial charge in [-0.3, -0.25) is 14.9 Å². The number of likely N-dealkylation sites (N-methyl/N-ethyl adjacent to an activating group) is 1. The zero-order valence-electron chi connectivity index (χ0n) is 13.8. The van der Waals surface area contributed by atoms with Crippen LogP contribution in [-0.2, 0) is 14.3 Å². The third kappa shape index (κ3) is 7.42. The number of rotatable bonds is 7. The van der Waals surface area contributed by atoms with E-state index in [9.17, 15) is 14.4 Å². The van der Waals surface area contributed by atoms with Gasteiger partial charge in [0.1, 0.15) is 0 Å². The second-order valence-corrected chi connectivity index (χ2v) is 5.14. The Balaban J connectivity index is 2.47. The molecule has 1 unspecified atom stereocenters. The Morgan fingerprint density at radius 2 is 1.83 bits per heavy atom. The lowest BCUT2D eigenvalue weighted by molar-refractivity contribution is -0.881. The topological polar surface area (TPSA) is 88.9 Å². The Labute approximate surface area is 136 Å². The van der Waals surface area contributed by atoms with E-state index in [1.54, 1.807) is 6.92 Å². The van der Waals surface area contributed by atoms with E-state index in [0.717, 1.165) is 16.2 Å². The second kappa shape index (κ2) is 9.58. The van der Waals surface area contributed by atoms with Crippen LogP contribution in [0.25, 0.3) is 0 Å². The molecule has 126 valence electrons. The van der Waals surface area contributed by atoms with Crippen LogP contribution in [0.15, 0.2) is 24.3 Å². The number of benzene rings is 1. The van der Waals surface area contributed by atoms with Crippen molar-refractivity contribution in [2.75, 3.05) is 31.6 Å². The predicted octanol–water partition coefficient (Wildman–Crippen LogP) is 0.111. The molecule has 0 saturated heterocycles. The Morgan fingerprint density at radius 1 is 1.13 bits per heavy atom. The molecule has 7 nitrogen and oxygen atoms in total. The van der Waals surface area contributed by atoms with E-state index in [4.69, 9.17) is 0 Å². The lowest BCUT2D eigenvalue weighted by atomic mass is 10.2. The van der Waals surface area contributed by atoms with Gasteiger partial charge in [0, 0.05) is 5.69 Å². The number of aryl methyl sites for hydroxylation is 1. The number of quaternary nitrogens is 1. The van der Waals surface area contributed by atoms with Crippen LogP contribution in [-0.4, -0.2) is 44.1 Å². The molecule has 23 heavy (non-hydrogen) atoms. The summed E-state index contributed by atoms with van der Waals surface area (Å²) in [6.07, 6.45) is -0.767. The summed E-state index contributed by atoms with van der Waals surface area (Å²) in [5, 5.41) is 4.92. The van der Waals surface area contributed by atoms with Gasteiger partial charge < -0.3 is 15.0 Å². The van der Waals surface area contributed by atoms with E-state index < -0.39 is 12.0 Å². The molecule has 1 atom stereocenters. The monoisotopic (exact) mass is 322 g/mol. The lowest BCUT2D eigenvalue weighted by Crippen LogP contribution is -3.14. The summed E-state index contributed by atoms with van der Waals surface area (Å²) in [7, 11) is 0. The number of amides is 3. The summed E-state index contributed by atoms with van der Waals surface area (Å²) >= 11 is 0. The summed E-state index contributed by atoms with van der Waals surface area (Å²) in [6.45, 7) is 6.41. The molecule has 0 aliphatic carbocycles. The molecule has 1 rings (SSSR count). The lowest BCUT2D eigenvalue weighted by Gasteiger charge is -2.16. The second-order valence-electron chi connectivity index (χ2n) is 5.14. The summed E-state index contributed by atoms with van der Waals surface area (Å²) in [4.78, 5) is 35.7. The quantitative estimate of drug-likeness (QED) is 0.665. The molecule has 0 fully saturated rings. The number of nitrogens with one attached hydrogen (secondary N) is 3. The first-order chi connectivity index (χ1) is 10.9. The molecular formula is C16H24N3O4+. The zero-order valence-corrected chi connectivity index (χ0v) is 13.8. The van der Waals surface area contributed by atoms with Crippen LogP contribution in [0.4, 0.5) is 10.5 Å². The highest BCUT2D eigenvalue weighted by molar-refractivity contribution is 5.93. The summed E-state index contributed by atoms with van der Waals surface area (Å²) < 4.78 is 4.64. The van der Waals surface area contributed by atoms with Crippen molar-refractivity contribution in [1.82, 2.24) is 5.32 Å². The Hall–Kier alpha value is -2.41. The number of hydrogen-bond acceptors (Lipinski definition) is 4. The molecule has 3 N–H and O–H groups in total. The molecule has 0 heterocycles. The minimum absolute atomic E-state index is 0.0244. The van der Waals surface area contributed by atoms with Crippen LogP contribution >= 0.6 is 0 Å². The van der Waals surface area contributed by atoms with Crippen LogP contribution in [0, 0.1) is 6.92 Å². The Morgan fingerprint density at radius 3 is 2.43 bits per heavy atom. The smallest absolute Gasteiger partial charge is 0.414 e. The normalized spacial score (nSPS) is 11.4. The number of alkyl carbamates (subject to hydrolysis) is 1. The maximum atomic E-state index is 12.0. The highest BCUT2D eigenvalue weighted by Crippen LogP contribution is 2.08. The Kier molecular flexibility index (Phi) is 7.76. The molecular weight excluding hydrogens is 298 g/mol. The minimum atomic E-state index is -0.767. The third-order valence-electron chi connectivity index (χ3n) is 3.14. The molecule has 0 spiro atoms. The first-order valence-corrected chi connectivity index (χ1v) is 7.61. The van der Waals surface area contributed by atoms with Gasteiger partial charge in [-0.2, -0.15) is 0 Å². The van der Waals surface area contributed by atoms with Gasteiger partial charge in [0.2, 0.25) is 0 Å². The van der Waals surface area contributed by atoms with Crippen molar-refractivity contribution in [3.63, 3.8) is 0 Å². The largest absolute Gasteiger partial charge is 0.450 e. The van der Waals surface area contributed by atoms with Crippen molar-refractivity contribution in [3.05, 3.63) is 29.8 Å². The number of ether oxygens (including phenoxy) is 1. The molecule has 3 amide bonds. The van der Waals surface area contributed by atoms with Crippen LogP contribution in [0.1, 0.15) is 19.4 Å². The van der Waals surface area contributed by atoms with Crippen molar-refractivity contribution >= 4 is 23.6 Å². The van der Waals surface area contributed by atoms with Crippen molar-refractivity contribution in [1.29, 1.82) is 0 Å². The van der Waals surface area contributed by atoms with Crippen molar-refractivity contribution in [2.24, 2.45) is 0 Å². The Bertz CT molecular complexity index is 560. The molecule has 0 aromatic heterocycles. The van der Waals surface area contributed by atoms with E-state index in [2.05, 4.69) is 15.4 Å². The fourth-order valence-electron chi connectivity index (χ4n) is 2.02. The molecule has 0 aliphatic heterocycles. The number of anilines is 1. The molecule has 0 aliphatic rings. The van der Waals surface area contributed by atoms with Gasteiger partial charge in [-0.05, 0) is 38.5 Å². The van der Waals surface area contributed by atoms with Crippen LogP contribution in [0.3, 0.4) is 0 Å². The van der Waals surface area contributed by atoms with Gasteiger partial charge in [-0.25, -0.2) is 4.79 Å². The average molecular weight is 322 g/mol. The van der Waals surface area contributed by atoms with E-state index in [1.165, 1.54) is 0 Å². The highest BCUT2D eigenvalue weighted by Gasteiger charge is 2.18. The van der Waals surface area contributed by atoms with Gasteiger partial charge in [0.25, 0.3) is 11.8 Å². The molecule has 0 saturated carbocycles. The first kappa shape index (κ1) is 18.6. The van der Waals surface area contributed by atoms with Crippen LogP contribution in [0.5, 0.6) is 0 Å². The zero-order chi connectivity index (χ0) is 17.2. The minimum Gasteiger partial charge on any atom is -0.450 e. The number of hydrogen-bond donors (Lipinski definition) is 3. The SMILES string of the molecule is CCOC(=O)NC(=O)C[NH+](CC)CC(=O)Nc1cccc(C)c1. The van der Waals surface area contributed by atoms with Gasteiger partial charge in [0.05, 0.1) is 13.2 Å². The fraction of sp³-hybridized carbons (Fsp3) is 0.438.